The molecule has 2 aliphatic heterocycles. The molecule has 0 N–H and O–H groups in total. The van der Waals surface area contributed by atoms with Crippen LogP contribution in [-0.4, -0.2) is 71.7 Å². The zero-order valence-electron chi connectivity index (χ0n) is 13.8. The summed E-state index contributed by atoms with van der Waals surface area (Å²) in [7, 11) is 0.961. The third kappa shape index (κ3) is 2.63. The summed E-state index contributed by atoms with van der Waals surface area (Å²) in [5.41, 5.74) is 1.92. The van der Waals surface area contributed by atoms with E-state index in [1.165, 1.54) is 0 Å². The molecule has 0 spiro atoms. The Bertz CT molecular complexity index is 895. The van der Waals surface area contributed by atoms with Gasteiger partial charge in [-0.2, -0.15) is 5.10 Å². The van der Waals surface area contributed by atoms with Crippen LogP contribution in [0, 0.1) is 0 Å². The van der Waals surface area contributed by atoms with Crippen molar-refractivity contribution in [1.29, 1.82) is 0 Å². The Morgan fingerprint density at radius 2 is 1.96 bits per heavy atom. The molecule has 3 heterocycles. The van der Waals surface area contributed by atoms with Gasteiger partial charge >= 0.3 is 0 Å². The van der Waals surface area contributed by atoms with Crippen LogP contribution in [0.3, 0.4) is 0 Å². The molecule has 0 saturated carbocycles. The molecule has 24 heavy (non-hydrogen) atoms. The third-order valence-electron chi connectivity index (χ3n) is 5.32. The first-order valence-electron chi connectivity index (χ1n) is 8.10. The number of likely N-dealkylation sites (N-methyl/N-ethyl adjacent to an activating group) is 1. The fourth-order valence-electron chi connectivity index (χ4n) is 4.05. The monoisotopic (exact) mass is 368 g/mol. The second-order valence-electron chi connectivity index (χ2n) is 6.87. The van der Waals surface area contributed by atoms with Crippen molar-refractivity contribution in [2.24, 2.45) is 7.05 Å². The van der Waals surface area contributed by atoms with Crippen molar-refractivity contribution in [1.82, 2.24) is 19.6 Å². The number of benzene rings is 1. The number of aryl methyl sites for hydroxylation is 1. The van der Waals surface area contributed by atoms with Crippen LogP contribution in [0.4, 0.5) is 0 Å². The molecule has 0 aliphatic carbocycles. The number of sulfone groups is 1. The van der Waals surface area contributed by atoms with Crippen LogP contribution in [-0.2, 0) is 23.4 Å². The first kappa shape index (κ1) is 16.3. The Labute approximate surface area is 146 Å². The number of fused-ring (bicyclic) bond motifs is 2. The van der Waals surface area contributed by atoms with E-state index in [0.717, 1.165) is 29.7 Å². The highest BCUT2D eigenvalue weighted by Gasteiger charge is 2.45. The Balaban J connectivity index is 1.69. The minimum Gasteiger partial charge on any atom is -0.300 e. The minimum absolute atomic E-state index is 0.0355. The Hall–Kier alpha value is -1.15. The highest BCUT2D eigenvalue weighted by molar-refractivity contribution is 7.91. The van der Waals surface area contributed by atoms with Crippen molar-refractivity contribution in [3.05, 3.63) is 28.9 Å². The van der Waals surface area contributed by atoms with E-state index in [9.17, 15) is 8.42 Å². The molecular formula is C16H21ClN4O2S. The Kier molecular flexibility index (Phi) is 3.87. The van der Waals surface area contributed by atoms with E-state index in [0.29, 0.717) is 11.6 Å². The van der Waals surface area contributed by atoms with Crippen LogP contribution in [0.2, 0.25) is 5.02 Å². The SMILES string of the molecule is CN1CCN(Cc2nn(C)c3cccc(Cl)c23)[C@@H]2CS(=O)(=O)C[C@@H]21. The first-order valence-corrected chi connectivity index (χ1v) is 10.3. The van der Waals surface area contributed by atoms with Crippen LogP contribution >= 0.6 is 11.6 Å². The van der Waals surface area contributed by atoms with Gasteiger partial charge < -0.3 is 0 Å². The average Bonchev–Trinajstić information content (AvgIpc) is 3.01. The maximum Gasteiger partial charge on any atom is 0.153 e. The van der Waals surface area contributed by atoms with E-state index in [1.807, 2.05) is 37.0 Å². The van der Waals surface area contributed by atoms with Gasteiger partial charge in [0.2, 0.25) is 0 Å². The summed E-state index contributed by atoms with van der Waals surface area (Å²) >= 11 is 6.40. The summed E-state index contributed by atoms with van der Waals surface area (Å²) in [6.45, 7) is 2.34. The van der Waals surface area contributed by atoms with E-state index in [-0.39, 0.29) is 23.6 Å². The van der Waals surface area contributed by atoms with Gasteiger partial charge in [0.05, 0.1) is 27.7 Å². The maximum atomic E-state index is 12.1. The number of hydrogen-bond acceptors (Lipinski definition) is 5. The van der Waals surface area contributed by atoms with Gasteiger partial charge in [-0.05, 0) is 19.2 Å². The first-order chi connectivity index (χ1) is 11.4. The predicted molar refractivity (Wildman–Crippen MR) is 95.0 cm³/mol. The van der Waals surface area contributed by atoms with Gasteiger partial charge in [-0.1, -0.05) is 17.7 Å². The molecule has 130 valence electrons. The van der Waals surface area contributed by atoms with Gasteiger partial charge in [0, 0.05) is 44.2 Å². The summed E-state index contributed by atoms with van der Waals surface area (Å²) in [5, 5.41) is 6.31. The van der Waals surface area contributed by atoms with Crippen LogP contribution in [0.1, 0.15) is 5.69 Å². The second kappa shape index (κ2) is 5.69. The molecule has 0 radical (unpaired) electrons. The number of nitrogens with zero attached hydrogens (tertiary/aromatic N) is 4. The van der Waals surface area contributed by atoms with Crippen LogP contribution in [0.5, 0.6) is 0 Å². The van der Waals surface area contributed by atoms with Crippen molar-refractivity contribution in [2.75, 3.05) is 31.6 Å². The maximum absolute atomic E-state index is 12.1. The smallest absolute Gasteiger partial charge is 0.153 e. The zero-order valence-corrected chi connectivity index (χ0v) is 15.4. The Morgan fingerprint density at radius 1 is 1.21 bits per heavy atom. The molecule has 2 saturated heterocycles. The number of hydrogen-bond donors (Lipinski definition) is 0. The fraction of sp³-hybridized carbons (Fsp3) is 0.562. The molecule has 2 atom stereocenters. The fourth-order valence-corrected chi connectivity index (χ4v) is 6.42. The summed E-state index contributed by atoms with van der Waals surface area (Å²) in [4.78, 5) is 4.44. The highest BCUT2D eigenvalue weighted by Crippen LogP contribution is 2.31. The normalized spacial score (nSPS) is 27.6. The summed E-state index contributed by atoms with van der Waals surface area (Å²) < 4.78 is 26.1. The van der Waals surface area contributed by atoms with Crippen LogP contribution in [0.15, 0.2) is 18.2 Å². The van der Waals surface area contributed by atoms with Gasteiger partial charge in [-0.25, -0.2) is 8.42 Å². The van der Waals surface area contributed by atoms with E-state index >= 15 is 0 Å². The van der Waals surface area contributed by atoms with Gasteiger partial charge in [0.15, 0.2) is 9.84 Å². The molecule has 1 aromatic heterocycles. The molecule has 0 bridgehead atoms. The number of rotatable bonds is 2. The van der Waals surface area contributed by atoms with E-state index in [1.54, 1.807) is 0 Å². The summed E-state index contributed by atoms with van der Waals surface area (Å²) in [6.07, 6.45) is 0. The zero-order chi connectivity index (χ0) is 17.1. The van der Waals surface area contributed by atoms with Gasteiger partial charge in [-0.3, -0.25) is 14.5 Å². The summed E-state index contributed by atoms with van der Waals surface area (Å²) in [5.74, 6) is 0.495. The number of halogens is 1. The second-order valence-corrected chi connectivity index (χ2v) is 9.43. The lowest BCUT2D eigenvalue weighted by atomic mass is 10.0. The quantitative estimate of drug-likeness (QED) is 0.795. The van der Waals surface area contributed by atoms with Crippen molar-refractivity contribution in [3.8, 4) is 0 Å². The molecule has 8 heteroatoms. The largest absolute Gasteiger partial charge is 0.300 e. The third-order valence-corrected chi connectivity index (χ3v) is 7.33. The van der Waals surface area contributed by atoms with Crippen molar-refractivity contribution in [2.45, 2.75) is 18.6 Å². The molecule has 0 unspecified atom stereocenters. The molecular weight excluding hydrogens is 348 g/mol. The number of piperazine rings is 1. The van der Waals surface area contributed by atoms with Crippen LogP contribution in [0.25, 0.3) is 10.9 Å². The van der Waals surface area contributed by atoms with E-state index in [4.69, 9.17) is 11.6 Å². The van der Waals surface area contributed by atoms with E-state index in [2.05, 4.69) is 14.9 Å². The standard InChI is InChI=1S/C16H21ClN4O2S/c1-19-6-7-21(15-10-24(22,23)9-14(15)19)8-12-16-11(17)4-3-5-13(16)20(2)18-12/h3-5,14-15H,6-10H2,1-2H3/t14-,15+/m0/s1. The molecule has 4 rings (SSSR count). The van der Waals surface area contributed by atoms with Crippen molar-refractivity contribution < 1.29 is 8.42 Å². The average molecular weight is 369 g/mol. The van der Waals surface area contributed by atoms with Crippen LogP contribution < -0.4 is 0 Å². The minimum atomic E-state index is -2.97. The van der Waals surface area contributed by atoms with E-state index < -0.39 is 9.84 Å². The van der Waals surface area contributed by atoms with Crippen molar-refractivity contribution in [3.63, 3.8) is 0 Å². The lowest BCUT2D eigenvalue weighted by Crippen LogP contribution is -2.57. The summed E-state index contributed by atoms with van der Waals surface area (Å²) in [6, 6.07) is 5.92. The topological polar surface area (TPSA) is 58.4 Å². The molecule has 0 amide bonds. The van der Waals surface area contributed by atoms with Gasteiger partial charge in [0.25, 0.3) is 0 Å². The molecule has 2 aliphatic rings. The Morgan fingerprint density at radius 3 is 2.75 bits per heavy atom. The number of aromatic nitrogens is 2. The molecule has 2 aromatic rings. The lowest BCUT2D eigenvalue weighted by Gasteiger charge is -2.42. The molecule has 6 nitrogen and oxygen atoms in total. The molecule has 1 aromatic carbocycles. The molecule has 2 fully saturated rings. The van der Waals surface area contributed by atoms with Gasteiger partial charge in [0.1, 0.15) is 0 Å². The highest BCUT2D eigenvalue weighted by atomic mass is 35.5. The predicted octanol–water partition coefficient (Wildman–Crippen LogP) is 1.14. The van der Waals surface area contributed by atoms with Gasteiger partial charge in [-0.15, -0.1) is 0 Å². The lowest BCUT2D eigenvalue weighted by molar-refractivity contribution is 0.0566. The van der Waals surface area contributed by atoms with Crippen molar-refractivity contribution >= 4 is 32.3 Å².